The topological polar surface area (TPSA) is 108 Å². The zero-order valence-electron chi connectivity index (χ0n) is 29.6. The first kappa shape index (κ1) is 35.3. The predicted molar refractivity (Wildman–Crippen MR) is 210 cm³/mol. The van der Waals surface area contributed by atoms with E-state index in [-0.39, 0.29) is 23.9 Å². The molecule has 9 nitrogen and oxygen atoms in total. The number of amides is 2. The molecule has 6 aromatic rings. The molecule has 0 spiro atoms. The number of anilines is 2. The molecule has 4 heterocycles. The van der Waals surface area contributed by atoms with Crippen LogP contribution in [0.4, 0.5) is 11.5 Å². The molecule has 0 bridgehead atoms. The molecule has 0 unspecified atom stereocenters. The van der Waals surface area contributed by atoms with Crippen molar-refractivity contribution in [2.45, 2.75) is 52.6 Å². The molecule has 1 aliphatic heterocycles. The highest BCUT2D eigenvalue weighted by Gasteiger charge is 2.30. The molecule has 0 radical (unpaired) electrons. The Balaban J connectivity index is 1.28. The van der Waals surface area contributed by atoms with Gasteiger partial charge in [0.1, 0.15) is 5.69 Å². The van der Waals surface area contributed by atoms with Crippen LogP contribution in [0, 0.1) is 5.41 Å². The van der Waals surface area contributed by atoms with Gasteiger partial charge in [0.25, 0.3) is 5.91 Å². The summed E-state index contributed by atoms with van der Waals surface area (Å²) in [4.78, 5) is 42.5. The molecule has 7 rings (SSSR count). The van der Waals surface area contributed by atoms with E-state index in [1.54, 1.807) is 6.20 Å². The normalized spacial score (nSPS) is 14.4. The molecule has 1 saturated heterocycles. The number of benzene rings is 3. The Morgan fingerprint density at radius 3 is 2.33 bits per heavy atom. The number of carbonyl (C=O) groups is 2. The largest absolute Gasteiger partial charge is 0.355 e. The summed E-state index contributed by atoms with van der Waals surface area (Å²) < 4.78 is 2.11. The van der Waals surface area contributed by atoms with Crippen LogP contribution in [0.5, 0.6) is 0 Å². The van der Waals surface area contributed by atoms with Crippen LogP contribution >= 0.6 is 23.2 Å². The van der Waals surface area contributed by atoms with Gasteiger partial charge in [-0.1, -0.05) is 92.5 Å². The minimum atomic E-state index is -0.449. The second kappa shape index (κ2) is 14.5. The lowest BCUT2D eigenvalue weighted by molar-refractivity contribution is -0.129. The third kappa shape index (κ3) is 7.16. The number of pyridine rings is 1. The molecule has 2 amide bonds. The number of aromatic amines is 1. The van der Waals surface area contributed by atoms with Gasteiger partial charge in [0.15, 0.2) is 5.82 Å². The van der Waals surface area contributed by atoms with Crippen molar-refractivity contribution >= 4 is 57.4 Å². The van der Waals surface area contributed by atoms with Crippen molar-refractivity contribution in [1.82, 2.24) is 24.8 Å². The monoisotopic (exact) mass is 733 g/mol. The lowest BCUT2D eigenvalue weighted by atomic mass is 9.94. The van der Waals surface area contributed by atoms with Gasteiger partial charge in [0.2, 0.25) is 5.91 Å². The molecule has 52 heavy (non-hydrogen) atoms. The second-order valence-electron chi connectivity index (χ2n) is 14.3. The number of aromatic nitrogens is 4. The van der Waals surface area contributed by atoms with Crippen molar-refractivity contribution < 1.29 is 9.59 Å². The first-order valence-corrected chi connectivity index (χ1v) is 18.2. The van der Waals surface area contributed by atoms with E-state index in [2.05, 4.69) is 32.0 Å². The number of hydrogen-bond donors (Lipinski definition) is 3. The van der Waals surface area contributed by atoms with Crippen LogP contribution < -0.4 is 15.5 Å². The van der Waals surface area contributed by atoms with Crippen LogP contribution in [0.3, 0.4) is 0 Å². The van der Waals surface area contributed by atoms with Gasteiger partial charge in [-0.2, -0.15) is 0 Å². The Labute approximate surface area is 313 Å². The average molecular weight is 735 g/mol. The fourth-order valence-corrected chi connectivity index (χ4v) is 7.06. The molecule has 3 aromatic carbocycles. The van der Waals surface area contributed by atoms with Crippen molar-refractivity contribution in [2.24, 2.45) is 5.41 Å². The first-order valence-electron chi connectivity index (χ1n) is 17.5. The molecule has 1 aliphatic rings. The Kier molecular flexibility index (Phi) is 9.83. The van der Waals surface area contributed by atoms with Gasteiger partial charge >= 0.3 is 0 Å². The van der Waals surface area contributed by atoms with Crippen molar-refractivity contribution in [2.75, 3.05) is 23.3 Å². The Hall–Kier alpha value is -5.12. The number of rotatable bonds is 8. The molecule has 3 aromatic heterocycles. The van der Waals surface area contributed by atoms with Gasteiger partial charge < -0.3 is 25.1 Å². The lowest BCUT2D eigenvalue weighted by Gasteiger charge is -2.35. The third-order valence-corrected chi connectivity index (χ3v) is 10.2. The fourth-order valence-electron chi connectivity index (χ4n) is 6.77. The van der Waals surface area contributed by atoms with E-state index in [4.69, 9.17) is 33.2 Å². The third-order valence-electron chi connectivity index (χ3n) is 9.68. The Bertz CT molecular complexity index is 2230. The molecule has 3 N–H and O–H groups in total. The van der Waals surface area contributed by atoms with Crippen molar-refractivity contribution in [3.05, 3.63) is 119 Å². The smallest absolute Gasteiger partial charge is 0.272 e. The number of piperidine rings is 1. The predicted octanol–water partition coefficient (Wildman–Crippen LogP) is 9.39. The summed E-state index contributed by atoms with van der Waals surface area (Å²) in [6.45, 7) is 9.24. The van der Waals surface area contributed by atoms with Crippen LogP contribution in [0.1, 0.15) is 62.6 Å². The highest BCUT2D eigenvalue weighted by atomic mass is 35.5. The summed E-state index contributed by atoms with van der Waals surface area (Å²) in [5.74, 6) is 0.407. The van der Waals surface area contributed by atoms with Crippen LogP contribution in [-0.2, 0) is 4.79 Å². The standard InChI is InChI=1S/C41H41Cl2N7O2/c1-25(26-12-14-28(42)15-13-26)50-24-45-35(27-9-6-5-7-10-27)37(50)34-31-17-16-29(43)23-33(31)47-36(34)39(51)48-32-11-8-20-44-38(32)49-21-18-30(19-22-49)46-40(52)41(2,3)4/h5-17,20,23-25,30,47H,18-19,21-22H2,1-4H3,(H,46,52)(H,48,51)/t25-/m0/s1. The van der Waals surface area contributed by atoms with E-state index in [0.29, 0.717) is 45.9 Å². The Morgan fingerprint density at radius 1 is 0.904 bits per heavy atom. The average Bonchev–Trinajstić information content (AvgIpc) is 3.74. The maximum absolute atomic E-state index is 14.6. The number of imidazole rings is 1. The van der Waals surface area contributed by atoms with E-state index in [1.807, 2.05) is 112 Å². The second-order valence-corrected chi connectivity index (χ2v) is 15.2. The van der Waals surface area contributed by atoms with Gasteiger partial charge in [-0.05, 0) is 61.7 Å². The molecule has 0 aliphatic carbocycles. The van der Waals surface area contributed by atoms with Gasteiger partial charge in [-0.3, -0.25) is 9.59 Å². The molecular formula is C41H41Cl2N7O2. The first-order chi connectivity index (χ1) is 25.0. The molecule has 266 valence electrons. The molecule has 11 heteroatoms. The molecular weight excluding hydrogens is 693 g/mol. The van der Waals surface area contributed by atoms with E-state index >= 15 is 0 Å². The maximum atomic E-state index is 14.6. The number of halogens is 2. The fraction of sp³-hybridized carbons (Fsp3) is 0.268. The minimum Gasteiger partial charge on any atom is -0.355 e. The van der Waals surface area contributed by atoms with Gasteiger partial charge in [0.05, 0.1) is 29.4 Å². The van der Waals surface area contributed by atoms with E-state index in [1.165, 1.54) is 0 Å². The van der Waals surface area contributed by atoms with Gasteiger partial charge in [0, 0.05) is 62.8 Å². The van der Waals surface area contributed by atoms with Crippen molar-refractivity contribution in [1.29, 1.82) is 0 Å². The summed E-state index contributed by atoms with van der Waals surface area (Å²) in [7, 11) is 0. The highest BCUT2D eigenvalue weighted by molar-refractivity contribution is 6.31. The number of hydrogen-bond acceptors (Lipinski definition) is 5. The summed E-state index contributed by atoms with van der Waals surface area (Å²) in [5, 5.41) is 8.43. The van der Waals surface area contributed by atoms with Crippen LogP contribution in [-0.4, -0.2) is 50.5 Å². The number of fused-ring (bicyclic) bond motifs is 1. The summed E-state index contributed by atoms with van der Waals surface area (Å²) in [6.07, 6.45) is 5.12. The van der Waals surface area contributed by atoms with Crippen molar-refractivity contribution in [3.8, 4) is 22.5 Å². The van der Waals surface area contributed by atoms with Crippen LogP contribution in [0.25, 0.3) is 33.4 Å². The van der Waals surface area contributed by atoms with Crippen LogP contribution in [0.2, 0.25) is 10.0 Å². The molecule has 1 atom stereocenters. The van der Waals surface area contributed by atoms with Crippen molar-refractivity contribution in [3.63, 3.8) is 0 Å². The zero-order valence-corrected chi connectivity index (χ0v) is 31.1. The summed E-state index contributed by atoms with van der Waals surface area (Å²) in [6, 6.07) is 27.0. The van der Waals surface area contributed by atoms with E-state index in [0.717, 1.165) is 46.3 Å². The number of carbonyl (C=O) groups excluding carboxylic acids is 2. The van der Waals surface area contributed by atoms with Gasteiger partial charge in [-0.25, -0.2) is 9.97 Å². The summed E-state index contributed by atoms with van der Waals surface area (Å²) in [5.41, 5.74) is 5.45. The quantitative estimate of drug-likeness (QED) is 0.145. The zero-order chi connectivity index (χ0) is 36.6. The molecule has 1 fully saturated rings. The van der Waals surface area contributed by atoms with E-state index < -0.39 is 5.41 Å². The number of nitrogens with zero attached hydrogens (tertiary/aromatic N) is 4. The number of H-pyrrole nitrogens is 1. The maximum Gasteiger partial charge on any atom is 0.272 e. The Morgan fingerprint density at radius 2 is 1.62 bits per heavy atom. The number of nitrogens with one attached hydrogen (secondary N) is 3. The summed E-state index contributed by atoms with van der Waals surface area (Å²) >= 11 is 12.8. The SMILES string of the molecule is C[C@@H](c1ccc(Cl)cc1)n1cnc(-c2ccccc2)c1-c1c(C(=O)Nc2cccnc2N2CCC(NC(=O)C(C)(C)C)CC2)[nH]c2cc(Cl)ccc12. The van der Waals surface area contributed by atoms with Crippen LogP contribution in [0.15, 0.2) is 97.5 Å². The minimum absolute atomic E-state index is 0.0477. The lowest BCUT2D eigenvalue weighted by Crippen LogP contribution is -2.48. The van der Waals surface area contributed by atoms with E-state index in [9.17, 15) is 9.59 Å². The highest BCUT2D eigenvalue weighted by Crippen LogP contribution is 2.42. The van der Waals surface area contributed by atoms with Gasteiger partial charge in [-0.15, -0.1) is 0 Å². The molecule has 0 saturated carbocycles.